The summed E-state index contributed by atoms with van der Waals surface area (Å²) < 4.78 is 9.07. The number of rotatable bonds is 4. The van der Waals surface area contributed by atoms with Gasteiger partial charge in [0.1, 0.15) is 5.03 Å². The van der Waals surface area contributed by atoms with Gasteiger partial charge >= 0.3 is 11.9 Å². The normalized spacial score (nSPS) is 10.8. The van der Waals surface area contributed by atoms with Crippen LogP contribution in [0.1, 0.15) is 13.8 Å². The van der Waals surface area contributed by atoms with Crippen molar-refractivity contribution in [2.45, 2.75) is 13.8 Å². The molecule has 0 rings (SSSR count). The summed E-state index contributed by atoms with van der Waals surface area (Å²) in [5.41, 5.74) is 0. The molecule has 74 valence electrons. The van der Waals surface area contributed by atoms with Crippen LogP contribution in [0.25, 0.3) is 0 Å². The lowest BCUT2D eigenvalue weighted by Gasteiger charge is -1.99. The van der Waals surface area contributed by atoms with Crippen molar-refractivity contribution in [3.63, 3.8) is 0 Å². The molecular weight excluding hydrogens is 196 g/mol. The van der Waals surface area contributed by atoms with Gasteiger partial charge in [-0.1, -0.05) is 11.6 Å². The standard InChI is InChI=1S/C8H11ClO4/c1-3-12-7(10)5-6(9)8(11)13-4-2/h5H,3-4H2,1-2H3/b6-5-. The number of hydrogen-bond acceptors (Lipinski definition) is 4. The summed E-state index contributed by atoms with van der Waals surface area (Å²) in [5.74, 6) is -1.38. The van der Waals surface area contributed by atoms with Gasteiger partial charge in [-0.15, -0.1) is 0 Å². The predicted octanol–water partition coefficient (Wildman–Crippen LogP) is 1.24. The maximum atomic E-state index is 10.9. The molecule has 0 N–H and O–H groups in total. The van der Waals surface area contributed by atoms with Gasteiger partial charge in [0, 0.05) is 6.08 Å². The number of carbonyl (C=O) groups is 2. The lowest BCUT2D eigenvalue weighted by molar-refractivity contribution is -0.140. The van der Waals surface area contributed by atoms with Crippen molar-refractivity contribution in [2.75, 3.05) is 13.2 Å². The fraction of sp³-hybridized carbons (Fsp3) is 0.500. The molecule has 4 nitrogen and oxygen atoms in total. The van der Waals surface area contributed by atoms with E-state index in [-0.39, 0.29) is 18.2 Å². The van der Waals surface area contributed by atoms with E-state index in [4.69, 9.17) is 11.6 Å². The summed E-state index contributed by atoms with van der Waals surface area (Å²) >= 11 is 5.43. The van der Waals surface area contributed by atoms with Gasteiger partial charge in [-0.25, -0.2) is 9.59 Å². The molecule has 5 heteroatoms. The average Bonchev–Trinajstić information content (AvgIpc) is 2.05. The highest BCUT2D eigenvalue weighted by atomic mass is 35.5. The van der Waals surface area contributed by atoms with Crippen molar-refractivity contribution in [2.24, 2.45) is 0 Å². The summed E-state index contributed by atoms with van der Waals surface area (Å²) in [7, 11) is 0. The first-order valence-electron chi connectivity index (χ1n) is 3.82. The van der Waals surface area contributed by atoms with Crippen molar-refractivity contribution in [1.29, 1.82) is 0 Å². The molecule has 0 saturated heterocycles. The van der Waals surface area contributed by atoms with E-state index in [9.17, 15) is 9.59 Å². The Labute approximate surface area is 81.5 Å². The van der Waals surface area contributed by atoms with E-state index < -0.39 is 11.9 Å². The first-order chi connectivity index (χ1) is 6.11. The van der Waals surface area contributed by atoms with E-state index in [1.165, 1.54) is 0 Å². The van der Waals surface area contributed by atoms with Crippen LogP contribution >= 0.6 is 11.6 Å². The quantitative estimate of drug-likeness (QED) is 0.513. The maximum Gasteiger partial charge on any atom is 0.350 e. The number of esters is 2. The second-order valence-corrected chi connectivity index (χ2v) is 2.37. The van der Waals surface area contributed by atoms with E-state index in [0.29, 0.717) is 0 Å². The molecule has 0 aliphatic heterocycles. The highest BCUT2D eigenvalue weighted by molar-refractivity contribution is 6.42. The van der Waals surface area contributed by atoms with Crippen LogP contribution < -0.4 is 0 Å². The third-order valence-electron chi connectivity index (χ3n) is 1.00. The Hall–Kier alpha value is -1.03. The Morgan fingerprint density at radius 2 is 1.77 bits per heavy atom. The zero-order chi connectivity index (χ0) is 10.3. The average molecular weight is 207 g/mol. The van der Waals surface area contributed by atoms with Crippen LogP contribution in [0.4, 0.5) is 0 Å². The smallest absolute Gasteiger partial charge is 0.350 e. The molecular formula is C8H11ClO4. The van der Waals surface area contributed by atoms with Crippen LogP contribution in [0.15, 0.2) is 11.1 Å². The molecule has 0 heterocycles. The highest BCUT2D eigenvalue weighted by Gasteiger charge is 2.09. The van der Waals surface area contributed by atoms with Crippen LogP contribution in [0, 0.1) is 0 Å². The monoisotopic (exact) mass is 206 g/mol. The number of hydrogen-bond donors (Lipinski definition) is 0. The van der Waals surface area contributed by atoms with Crippen LogP contribution in [0.3, 0.4) is 0 Å². The molecule has 0 aromatic rings. The van der Waals surface area contributed by atoms with Gasteiger partial charge < -0.3 is 9.47 Å². The third kappa shape index (κ3) is 5.25. The van der Waals surface area contributed by atoms with Crippen molar-refractivity contribution < 1.29 is 19.1 Å². The zero-order valence-electron chi connectivity index (χ0n) is 7.50. The number of ether oxygens (including phenoxy) is 2. The van der Waals surface area contributed by atoms with Gasteiger partial charge in [0.05, 0.1) is 13.2 Å². The minimum atomic E-state index is -0.725. The number of carbonyl (C=O) groups excluding carboxylic acids is 2. The first kappa shape index (κ1) is 12.0. The van der Waals surface area contributed by atoms with Crippen molar-refractivity contribution in [3.8, 4) is 0 Å². The fourth-order valence-electron chi connectivity index (χ4n) is 0.546. The van der Waals surface area contributed by atoms with Crippen LogP contribution in [0.5, 0.6) is 0 Å². The summed E-state index contributed by atoms with van der Waals surface area (Å²) in [4.78, 5) is 21.6. The molecule has 0 radical (unpaired) electrons. The SMILES string of the molecule is CCOC(=O)/C=C(\Cl)C(=O)OCC. The summed E-state index contributed by atoms with van der Waals surface area (Å²) in [6.45, 7) is 3.75. The van der Waals surface area contributed by atoms with E-state index in [1.54, 1.807) is 13.8 Å². The minimum Gasteiger partial charge on any atom is -0.463 e. The predicted molar refractivity (Wildman–Crippen MR) is 47.2 cm³/mol. The zero-order valence-corrected chi connectivity index (χ0v) is 8.26. The Kier molecular flexibility index (Phi) is 5.97. The fourth-order valence-corrected chi connectivity index (χ4v) is 0.690. The van der Waals surface area contributed by atoms with Gasteiger partial charge in [-0.3, -0.25) is 0 Å². The van der Waals surface area contributed by atoms with Gasteiger partial charge in [0.2, 0.25) is 0 Å². The molecule has 0 saturated carbocycles. The molecule has 13 heavy (non-hydrogen) atoms. The molecule has 0 spiro atoms. The van der Waals surface area contributed by atoms with E-state index in [1.807, 2.05) is 0 Å². The second-order valence-electron chi connectivity index (χ2n) is 1.96. The maximum absolute atomic E-state index is 10.9. The Morgan fingerprint density at radius 1 is 1.23 bits per heavy atom. The van der Waals surface area contributed by atoms with Gasteiger partial charge in [-0.2, -0.15) is 0 Å². The molecule has 0 unspecified atom stereocenters. The molecule has 0 bridgehead atoms. The van der Waals surface area contributed by atoms with Crippen molar-refractivity contribution >= 4 is 23.5 Å². The molecule has 0 aromatic heterocycles. The Bertz CT molecular complexity index is 222. The van der Waals surface area contributed by atoms with Gasteiger partial charge in [0.15, 0.2) is 0 Å². The summed E-state index contributed by atoms with van der Waals surface area (Å²) in [5, 5.41) is -0.277. The van der Waals surface area contributed by atoms with Gasteiger partial charge in [-0.05, 0) is 13.8 Å². The van der Waals surface area contributed by atoms with E-state index in [0.717, 1.165) is 6.08 Å². The Morgan fingerprint density at radius 3 is 2.23 bits per heavy atom. The Balaban J connectivity index is 4.14. The highest BCUT2D eigenvalue weighted by Crippen LogP contribution is 2.04. The largest absolute Gasteiger partial charge is 0.463 e. The van der Waals surface area contributed by atoms with E-state index in [2.05, 4.69) is 9.47 Å². The van der Waals surface area contributed by atoms with Crippen LogP contribution in [-0.4, -0.2) is 25.2 Å². The summed E-state index contributed by atoms with van der Waals surface area (Å²) in [6, 6.07) is 0. The molecule has 0 aliphatic rings. The molecule has 0 aliphatic carbocycles. The molecule has 0 amide bonds. The van der Waals surface area contributed by atoms with Crippen molar-refractivity contribution in [1.82, 2.24) is 0 Å². The van der Waals surface area contributed by atoms with Crippen LogP contribution in [-0.2, 0) is 19.1 Å². The third-order valence-corrected chi connectivity index (χ3v) is 1.27. The van der Waals surface area contributed by atoms with Gasteiger partial charge in [0.25, 0.3) is 0 Å². The topological polar surface area (TPSA) is 52.6 Å². The lowest BCUT2D eigenvalue weighted by atomic mass is 10.5. The van der Waals surface area contributed by atoms with E-state index >= 15 is 0 Å². The number of halogens is 1. The summed E-state index contributed by atoms with van der Waals surface area (Å²) in [6.07, 6.45) is 0.892. The first-order valence-corrected chi connectivity index (χ1v) is 4.20. The molecule has 0 fully saturated rings. The van der Waals surface area contributed by atoms with Crippen LogP contribution in [0.2, 0.25) is 0 Å². The minimum absolute atomic E-state index is 0.214. The van der Waals surface area contributed by atoms with Crippen molar-refractivity contribution in [3.05, 3.63) is 11.1 Å². The molecule has 0 aromatic carbocycles. The molecule has 0 atom stereocenters. The lowest BCUT2D eigenvalue weighted by Crippen LogP contribution is -2.07. The second kappa shape index (κ2) is 6.48.